The minimum atomic E-state index is -0.886. The molecule has 2 fully saturated rings. The van der Waals surface area contributed by atoms with Crippen molar-refractivity contribution in [2.75, 3.05) is 0 Å². The molecule has 0 aromatic heterocycles. The van der Waals surface area contributed by atoms with E-state index >= 15 is 0 Å². The third-order valence-corrected chi connectivity index (χ3v) is 5.60. The predicted molar refractivity (Wildman–Crippen MR) is 98.2 cm³/mol. The molecule has 0 aliphatic carbocycles. The van der Waals surface area contributed by atoms with Crippen LogP contribution in [0.3, 0.4) is 0 Å². The lowest BCUT2D eigenvalue weighted by Gasteiger charge is -2.28. The van der Waals surface area contributed by atoms with E-state index in [0.29, 0.717) is 6.42 Å². The fraction of sp³-hybridized carbons (Fsp3) is 0.619. The number of hydrogen-bond acceptors (Lipinski definition) is 7. The zero-order chi connectivity index (χ0) is 20.6. The van der Waals surface area contributed by atoms with Crippen LogP contribution in [0.25, 0.3) is 0 Å². The SMILES string of the molecule is C=C(C)[C@@H]1C/C=C2/C(=O)O[C@@H](C[C@]3(C)CC(=O)[C@H](CC(=O)C1)O3)[C@@H]2OC(C)=O. The summed E-state index contributed by atoms with van der Waals surface area (Å²) in [7, 11) is 0. The smallest absolute Gasteiger partial charge is 0.338 e. The average Bonchev–Trinajstić information content (AvgIpc) is 2.99. The molecule has 4 bridgehead atoms. The summed E-state index contributed by atoms with van der Waals surface area (Å²) >= 11 is 0. The molecule has 0 aromatic carbocycles. The van der Waals surface area contributed by atoms with Crippen LogP contribution >= 0.6 is 0 Å². The van der Waals surface area contributed by atoms with Gasteiger partial charge in [0.2, 0.25) is 0 Å². The quantitative estimate of drug-likeness (QED) is 0.527. The van der Waals surface area contributed by atoms with Gasteiger partial charge in [-0.1, -0.05) is 18.2 Å². The number of ketones is 2. The van der Waals surface area contributed by atoms with E-state index in [-0.39, 0.29) is 48.7 Å². The Kier molecular flexibility index (Phi) is 5.57. The Morgan fingerprint density at radius 1 is 1.25 bits per heavy atom. The molecular formula is C21H26O7. The van der Waals surface area contributed by atoms with E-state index in [0.717, 1.165) is 5.57 Å². The van der Waals surface area contributed by atoms with E-state index in [2.05, 4.69) is 6.58 Å². The van der Waals surface area contributed by atoms with Crippen LogP contribution in [0.1, 0.15) is 52.9 Å². The van der Waals surface area contributed by atoms with Crippen molar-refractivity contribution in [3.63, 3.8) is 0 Å². The van der Waals surface area contributed by atoms with Gasteiger partial charge in [0.15, 0.2) is 11.9 Å². The minimum Gasteiger partial charge on any atom is -0.454 e. The molecule has 3 aliphatic rings. The summed E-state index contributed by atoms with van der Waals surface area (Å²) in [6.07, 6.45) is 0.260. The van der Waals surface area contributed by atoms with Crippen LogP contribution in [0, 0.1) is 5.92 Å². The first-order chi connectivity index (χ1) is 13.1. The van der Waals surface area contributed by atoms with Crippen molar-refractivity contribution in [2.24, 2.45) is 5.92 Å². The molecule has 7 heteroatoms. The Morgan fingerprint density at radius 3 is 2.61 bits per heavy atom. The topological polar surface area (TPSA) is 96.0 Å². The number of carbonyl (C=O) groups is 4. The Balaban J connectivity index is 1.99. The van der Waals surface area contributed by atoms with Gasteiger partial charge in [0, 0.05) is 32.6 Å². The van der Waals surface area contributed by atoms with Crippen molar-refractivity contribution < 1.29 is 33.4 Å². The van der Waals surface area contributed by atoms with Crippen molar-refractivity contribution >= 4 is 23.5 Å². The van der Waals surface area contributed by atoms with E-state index in [1.54, 1.807) is 13.0 Å². The summed E-state index contributed by atoms with van der Waals surface area (Å²) in [5, 5.41) is 0. The standard InChI is InChI=1S/C21H26O7/c1-11(2)13-5-6-15-19(26-12(3)22)18(27-20(15)25)10-21(4)9-16(24)17(28-21)8-14(23)7-13/h6,13,17-19H,1,5,7-10H2,2-4H3/b15-6+/t13-,17+,18+,19-,21+/m1/s1. The molecule has 7 nitrogen and oxygen atoms in total. The Labute approximate surface area is 164 Å². The maximum atomic E-state index is 12.5. The third-order valence-electron chi connectivity index (χ3n) is 5.60. The van der Waals surface area contributed by atoms with Gasteiger partial charge in [0.05, 0.1) is 11.2 Å². The summed E-state index contributed by atoms with van der Waals surface area (Å²) in [6.45, 7) is 8.79. The molecule has 152 valence electrons. The second-order valence-corrected chi connectivity index (χ2v) is 8.26. The first-order valence-corrected chi connectivity index (χ1v) is 9.54. The van der Waals surface area contributed by atoms with E-state index < -0.39 is 35.9 Å². The predicted octanol–water partition coefficient (Wildman–Crippen LogP) is 2.22. The van der Waals surface area contributed by atoms with Gasteiger partial charge in [-0.25, -0.2) is 4.79 Å². The van der Waals surface area contributed by atoms with Gasteiger partial charge in [0.25, 0.3) is 0 Å². The number of carbonyl (C=O) groups excluding carboxylic acids is 4. The van der Waals surface area contributed by atoms with E-state index in [4.69, 9.17) is 14.2 Å². The maximum absolute atomic E-state index is 12.5. The van der Waals surface area contributed by atoms with Gasteiger partial charge in [-0.2, -0.15) is 0 Å². The number of hydrogen-bond donors (Lipinski definition) is 0. The van der Waals surface area contributed by atoms with Crippen LogP contribution in [0.15, 0.2) is 23.8 Å². The summed E-state index contributed by atoms with van der Waals surface area (Å²) in [6, 6.07) is 0. The van der Waals surface area contributed by atoms with Crippen molar-refractivity contribution in [3.8, 4) is 0 Å². The molecule has 0 radical (unpaired) electrons. The molecule has 2 saturated heterocycles. The molecule has 0 saturated carbocycles. The van der Waals surface area contributed by atoms with Crippen molar-refractivity contribution in [1.29, 1.82) is 0 Å². The van der Waals surface area contributed by atoms with Crippen LogP contribution in [0.5, 0.6) is 0 Å². The fourth-order valence-corrected chi connectivity index (χ4v) is 4.18. The summed E-state index contributed by atoms with van der Waals surface area (Å²) in [4.78, 5) is 49.0. The maximum Gasteiger partial charge on any atom is 0.338 e. The third kappa shape index (κ3) is 4.24. The summed E-state index contributed by atoms with van der Waals surface area (Å²) in [5.74, 6) is -1.47. The van der Waals surface area contributed by atoms with Crippen LogP contribution in [-0.2, 0) is 33.4 Å². The molecule has 5 atom stereocenters. The van der Waals surface area contributed by atoms with Crippen molar-refractivity contribution in [1.82, 2.24) is 0 Å². The lowest BCUT2D eigenvalue weighted by atomic mass is 9.87. The second-order valence-electron chi connectivity index (χ2n) is 8.26. The highest BCUT2D eigenvalue weighted by molar-refractivity contribution is 5.93. The summed E-state index contributed by atoms with van der Waals surface area (Å²) in [5.41, 5.74) is 0.181. The molecule has 0 spiro atoms. The van der Waals surface area contributed by atoms with Crippen molar-refractivity contribution in [3.05, 3.63) is 23.8 Å². The second kappa shape index (κ2) is 7.62. The largest absolute Gasteiger partial charge is 0.454 e. The molecular weight excluding hydrogens is 364 g/mol. The zero-order valence-electron chi connectivity index (χ0n) is 16.5. The van der Waals surface area contributed by atoms with E-state index in [1.807, 2.05) is 6.92 Å². The van der Waals surface area contributed by atoms with Gasteiger partial charge in [0.1, 0.15) is 18.0 Å². The monoisotopic (exact) mass is 390 g/mol. The molecule has 0 N–H and O–H groups in total. The lowest BCUT2D eigenvalue weighted by Crippen LogP contribution is -2.37. The highest BCUT2D eigenvalue weighted by atomic mass is 16.6. The van der Waals surface area contributed by atoms with Crippen LogP contribution < -0.4 is 0 Å². The number of esters is 2. The van der Waals surface area contributed by atoms with E-state index in [1.165, 1.54) is 6.92 Å². The number of fused-ring (bicyclic) bond motifs is 4. The summed E-state index contributed by atoms with van der Waals surface area (Å²) < 4.78 is 16.8. The Morgan fingerprint density at radius 2 is 1.96 bits per heavy atom. The van der Waals surface area contributed by atoms with Gasteiger partial charge in [-0.05, 0) is 26.2 Å². The van der Waals surface area contributed by atoms with Crippen LogP contribution in [0.2, 0.25) is 0 Å². The van der Waals surface area contributed by atoms with E-state index in [9.17, 15) is 19.2 Å². The first kappa shape index (κ1) is 20.5. The molecule has 0 aromatic rings. The number of rotatable bonds is 2. The fourth-order valence-electron chi connectivity index (χ4n) is 4.18. The molecule has 3 aliphatic heterocycles. The zero-order valence-corrected chi connectivity index (χ0v) is 16.5. The van der Waals surface area contributed by atoms with Gasteiger partial charge in [-0.3, -0.25) is 14.4 Å². The molecule has 3 heterocycles. The number of Topliss-reactive ketones (excluding diaryl/α,β-unsaturated/α-hetero) is 2. The molecule has 3 rings (SSSR count). The average molecular weight is 390 g/mol. The Hall–Kier alpha value is -2.28. The van der Waals surface area contributed by atoms with Gasteiger partial charge in [-0.15, -0.1) is 0 Å². The minimum absolute atomic E-state index is 0.0343. The number of allylic oxidation sites excluding steroid dienone is 2. The normalized spacial score (nSPS) is 37.8. The highest BCUT2D eigenvalue weighted by Crippen LogP contribution is 2.39. The Bertz CT molecular complexity index is 765. The molecule has 0 amide bonds. The van der Waals surface area contributed by atoms with Crippen LogP contribution in [0.4, 0.5) is 0 Å². The number of ether oxygens (including phenoxy) is 3. The highest BCUT2D eigenvalue weighted by Gasteiger charge is 2.50. The molecule has 0 unspecified atom stereocenters. The molecule has 28 heavy (non-hydrogen) atoms. The van der Waals surface area contributed by atoms with Gasteiger partial charge >= 0.3 is 11.9 Å². The van der Waals surface area contributed by atoms with Crippen LogP contribution in [-0.4, -0.2) is 47.4 Å². The van der Waals surface area contributed by atoms with Gasteiger partial charge < -0.3 is 14.2 Å². The first-order valence-electron chi connectivity index (χ1n) is 9.54. The lowest BCUT2D eigenvalue weighted by molar-refractivity contribution is -0.155. The van der Waals surface area contributed by atoms with Crippen molar-refractivity contribution in [2.45, 2.75) is 76.8 Å².